The Hall–Kier alpha value is -1.55. The van der Waals surface area contributed by atoms with E-state index in [4.69, 9.17) is 5.73 Å². The molecule has 1 saturated carbocycles. The lowest BCUT2D eigenvalue weighted by atomic mass is 9.91. The fourth-order valence-electron chi connectivity index (χ4n) is 2.98. The second-order valence-corrected chi connectivity index (χ2v) is 7.24. The van der Waals surface area contributed by atoms with Crippen LogP contribution >= 0.6 is 0 Å². The van der Waals surface area contributed by atoms with E-state index in [1.807, 2.05) is 25.1 Å². The zero-order valence-corrected chi connectivity index (χ0v) is 14.9. The van der Waals surface area contributed by atoms with Gasteiger partial charge in [-0.25, -0.2) is 0 Å². The molecule has 0 aromatic heterocycles. The zero-order chi connectivity index (χ0) is 17.0. The monoisotopic (exact) mass is 317 g/mol. The van der Waals surface area contributed by atoms with Crippen LogP contribution in [0.25, 0.3) is 0 Å². The van der Waals surface area contributed by atoms with E-state index in [-0.39, 0.29) is 11.9 Å². The van der Waals surface area contributed by atoms with Crippen molar-refractivity contribution in [1.29, 1.82) is 0 Å². The van der Waals surface area contributed by atoms with Crippen LogP contribution in [0.15, 0.2) is 18.2 Å². The number of benzene rings is 1. The van der Waals surface area contributed by atoms with Gasteiger partial charge in [0.2, 0.25) is 0 Å². The molecule has 1 aromatic rings. The minimum atomic E-state index is 0.0313. The van der Waals surface area contributed by atoms with Gasteiger partial charge in [-0.1, -0.05) is 19.9 Å². The number of rotatable bonds is 5. The van der Waals surface area contributed by atoms with Gasteiger partial charge in [0.15, 0.2) is 0 Å². The van der Waals surface area contributed by atoms with E-state index in [0.29, 0.717) is 18.0 Å². The highest BCUT2D eigenvalue weighted by molar-refractivity contribution is 5.97. The minimum absolute atomic E-state index is 0.0313. The molecule has 0 bridgehead atoms. The molecule has 0 radical (unpaired) electrons. The van der Waals surface area contributed by atoms with Gasteiger partial charge < -0.3 is 16.4 Å². The van der Waals surface area contributed by atoms with Crippen molar-refractivity contribution in [2.75, 3.05) is 5.32 Å². The Morgan fingerprint density at radius 3 is 2.43 bits per heavy atom. The fraction of sp³-hybridized carbons (Fsp3) is 0.632. The molecule has 0 aliphatic heterocycles. The van der Waals surface area contributed by atoms with Gasteiger partial charge in [0, 0.05) is 29.4 Å². The molecule has 1 amide bonds. The molecule has 1 aromatic carbocycles. The third-order valence-electron chi connectivity index (χ3n) is 5.07. The maximum atomic E-state index is 12.6. The minimum Gasteiger partial charge on any atom is -0.382 e. The summed E-state index contributed by atoms with van der Waals surface area (Å²) in [5.41, 5.74) is 8.76. The molecular formula is C19H31N3O. The summed E-state index contributed by atoms with van der Waals surface area (Å²) in [5, 5.41) is 6.70. The number of amides is 1. The third-order valence-corrected chi connectivity index (χ3v) is 5.07. The second-order valence-electron chi connectivity index (χ2n) is 7.24. The van der Waals surface area contributed by atoms with E-state index in [0.717, 1.165) is 42.5 Å². The zero-order valence-electron chi connectivity index (χ0n) is 14.9. The third kappa shape index (κ3) is 4.71. The maximum Gasteiger partial charge on any atom is 0.251 e. The molecule has 0 saturated heterocycles. The predicted octanol–water partition coefficient (Wildman–Crippen LogP) is 3.45. The number of hydrogen-bond donors (Lipinski definition) is 3. The van der Waals surface area contributed by atoms with Crippen molar-refractivity contribution in [3.63, 3.8) is 0 Å². The molecule has 4 heteroatoms. The van der Waals surface area contributed by atoms with Crippen LogP contribution in [0, 0.1) is 12.8 Å². The molecule has 1 atom stereocenters. The van der Waals surface area contributed by atoms with Crippen LogP contribution in [-0.4, -0.2) is 24.0 Å². The summed E-state index contributed by atoms with van der Waals surface area (Å²) >= 11 is 0. The first kappa shape index (κ1) is 17.8. The first-order valence-corrected chi connectivity index (χ1v) is 8.81. The standard InChI is InChI=1S/C19H31N3O/c1-12(2)14(4)21-18-7-5-6-17(13(18)3)19(23)22-16-10-8-15(20)9-11-16/h5-7,12,14-16,21H,8-11,20H2,1-4H3,(H,22,23). The van der Waals surface area contributed by atoms with Gasteiger partial charge in [0.1, 0.15) is 0 Å². The molecule has 4 nitrogen and oxygen atoms in total. The highest BCUT2D eigenvalue weighted by atomic mass is 16.1. The second kappa shape index (κ2) is 7.82. The normalized spacial score (nSPS) is 22.7. The summed E-state index contributed by atoms with van der Waals surface area (Å²) in [5.74, 6) is 0.571. The molecule has 23 heavy (non-hydrogen) atoms. The molecule has 128 valence electrons. The Balaban J connectivity index is 2.05. The number of nitrogens with two attached hydrogens (primary N) is 1. The molecular weight excluding hydrogens is 286 g/mol. The SMILES string of the molecule is Cc1c(NC(C)C(C)C)cccc1C(=O)NC1CCC(N)CC1. The van der Waals surface area contributed by atoms with Crippen LogP contribution in [0.2, 0.25) is 0 Å². The topological polar surface area (TPSA) is 67.2 Å². The summed E-state index contributed by atoms with van der Waals surface area (Å²) in [6.07, 6.45) is 3.96. The van der Waals surface area contributed by atoms with Crippen molar-refractivity contribution in [2.24, 2.45) is 11.7 Å². The summed E-state index contributed by atoms with van der Waals surface area (Å²) < 4.78 is 0. The van der Waals surface area contributed by atoms with Gasteiger partial charge in [0.05, 0.1) is 0 Å². The number of nitrogens with one attached hydrogen (secondary N) is 2. The van der Waals surface area contributed by atoms with Gasteiger partial charge in [-0.3, -0.25) is 4.79 Å². The van der Waals surface area contributed by atoms with Crippen LogP contribution in [0.1, 0.15) is 62.4 Å². The van der Waals surface area contributed by atoms with E-state index in [1.54, 1.807) is 0 Å². The molecule has 1 aliphatic carbocycles. The number of carbonyl (C=O) groups excluding carboxylic acids is 1. The quantitative estimate of drug-likeness (QED) is 0.779. The Kier molecular flexibility index (Phi) is 6.05. The van der Waals surface area contributed by atoms with Crippen molar-refractivity contribution >= 4 is 11.6 Å². The lowest BCUT2D eigenvalue weighted by molar-refractivity contribution is 0.0925. The summed E-state index contributed by atoms with van der Waals surface area (Å²) in [7, 11) is 0. The van der Waals surface area contributed by atoms with Crippen LogP contribution in [0.5, 0.6) is 0 Å². The Labute approximate surface area is 140 Å². The molecule has 0 heterocycles. The number of anilines is 1. The van der Waals surface area contributed by atoms with Crippen LogP contribution in [0.4, 0.5) is 5.69 Å². The fourth-order valence-corrected chi connectivity index (χ4v) is 2.98. The maximum absolute atomic E-state index is 12.6. The number of carbonyl (C=O) groups is 1. The van der Waals surface area contributed by atoms with Crippen molar-refractivity contribution in [1.82, 2.24) is 5.32 Å². The van der Waals surface area contributed by atoms with Gasteiger partial charge in [0.25, 0.3) is 5.91 Å². The van der Waals surface area contributed by atoms with Crippen LogP contribution in [-0.2, 0) is 0 Å². The van der Waals surface area contributed by atoms with Crippen LogP contribution < -0.4 is 16.4 Å². The van der Waals surface area contributed by atoms with E-state index in [1.165, 1.54) is 0 Å². The lowest BCUT2D eigenvalue weighted by Gasteiger charge is -2.27. The Morgan fingerprint density at radius 1 is 1.17 bits per heavy atom. The Bertz CT molecular complexity index is 533. The van der Waals surface area contributed by atoms with Gasteiger partial charge in [-0.05, 0) is 63.1 Å². The van der Waals surface area contributed by atoms with E-state index < -0.39 is 0 Å². The van der Waals surface area contributed by atoms with Crippen molar-refractivity contribution < 1.29 is 4.79 Å². The first-order valence-electron chi connectivity index (χ1n) is 8.81. The van der Waals surface area contributed by atoms with Gasteiger partial charge in [-0.2, -0.15) is 0 Å². The predicted molar refractivity (Wildman–Crippen MR) is 96.8 cm³/mol. The van der Waals surface area contributed by atoms with Crippen molar-refractivity contribution in [3.05, 3.63) is 29.3 Å². The van der Waals surface area contributed by atoms with Crippen molar-refractivity contribution in [2.45, 2.75) is 71.5 Å². The molecule has 4 N–H and O–H groups in total. The van der Waals surface area contributed by atoms with E-state index in [2.05, 4.69) is 31.4 Å². The average molecular weight is 317 g/mol. The van der Waals surface area contributed by atoms with Gasteiger partial charge >= 0.3 is 0 Å². The molecule has 1 unspecified atom stereocenters. The first-order chi connectivity index (χ1) is 10.9. The largest absolute Gasteiger partial charge is 0.382 e. The van der Waals surface area contributed by atoms with Gasteiger partial charge in [-0.15, -0.1) is 0 Å². The number of hydrogen-bond acceptors (Lipinski definition) is 3. The van der Waals surface area contributed by atoms with E-state index in [9.17, 15) is 4.79 Å². The molecule has 2 rings (SSSR count). The summed E-state index contributed by atoms with van der Waals surface area (Å²) in [6, 6.07) is 6.83. The smallest absolute Gasteiger partial charge is 0.251 e. The average Bonchev–Trinajstić information content (AvgIpc) is 2.51. The van der Waals surface area contributed by atoms with Crippen LogP contribution in [0.3, 0.4) is 0 Å². The highest BCUT2D eigenvalue weighted by Crippen LogP contribution is 2.22. The molecule has 0 spiro atoms. The molecule has 1 aliphatic rings. The van der Waals surface area contributed by atoms with E-state index >= 15 is 0 Å². The summed E-state index contributed by atoms with van der Waals surface area (Å²) in [4.78, 5) is 12.6. The summed E-state index contributed by atoms with van der Waals surface area (Å²) in [6.45, 7) is 8.57. The Morgan fingerprint density at radius 2 is 1.83 bits per heavy atom. The lowest BCUT2D eigenvalue weighted by Crippen LogP contribution is -2.40. The van der Waals surface area contributed by atoms with Crippen molar-refractivity contribution in [3.8, 4) is 0 Å². The molecule has 1 fully saturated rings. The highest BCUT2D eigenvalue weighted by Gasteiger charge is 2.21.